The maximum absolute atomic E-state index is 13.0. The Labute approximate surface area is 137 Å². The highest BCUT2D eigenvalue weighted by atomic mass is 32.2. The molecule has 0 fully saturated rings. The molecule has 0 radical (unpaired) electrons. The van der Waals surface area contributed by atoms with Crippen molar-refractivity contribution >= 4 is 17.8 Å². The molecule has 2 aromatic rings. The Balaban J connectivity index is 2.33. The molecule has 0 aliphatic heterocycles. The highest BCUT2D eigenvalue weighted by Crippen LogP contribution is 2.40. The average molecular weight is 336 g/mol. The number of hydrogen-bond donors (Lipinski definition) is 0. The van der Waals surface area contributed by atoms with E-state index in [4.69, 9.17) is 4.74 Å². The van der Waals surface area contributed by atoms with Gasteiger partial charge in [-0.05, 0) is 35.9 Å². The molecule has 0 bridgehead atoms. The van der Waals surface area contributed by atoms with Crippen LogP contribution >= 0.6 is 11.8 Å². The number of methoxy groups -OCH3 is 1. The van der Waals surface area contributed by atoms with Crippen LogP contribution in [0.5, 0.6) is 5.75 Å². The van der Waals surface area contributed by atoms with E-state index in [1.165, 1.54) is 13.2 Å². The minimum atomic E-state index is -4.47. The van der Waals surface area contributed by atoms with Crippen LogP contribution in [0.2, 0.25) is 0 Å². The first kappa shape index (κ1) is 17.2. The van der Waals surface area contributed by atoms with Crippen LogP contribution < -0.4 is 4.74 Å². The van der Waals surface area contributed by atoms with Crippen LogP contribution in [0, 0.1) is 0 Å². The summed E-state index contributed by atoms with van der Waals surface area (Å²) in [5.74, 6) is 0.651. The minimum Gasteiger partial charge on any atom is -0.497 e. The topological polar surface area (TPSA) is 9.23 Å². The van der Waals surface area contributed by atoms with Crippen LogP contribution in [-0.2, 0) is 0 Å². The Morgan fingerprint density at radius 1 is 1.04 bits per heavy atom. The molecule has 2 rings (SSSR count). The van der Waals surface area contributed by atoms with Gasteiger partial charge in [-0.15, -0.1) is 0 Å². The van der Waals surface area contributed by atoms with Gasteiger partial charge in [0.1, 0.15) is 5.75 Å². The van der Waals surface area contributed by atoms with Crippen molar-refractivity contribution in [1.29, 1.82) is 0 Å². The predicted molar refractivity (Wildman–Crippen MR) is 88.5 cm³/mol. The fraction of sp³-hybridized carbons (Fsp3) is 0.111. The van der Waals surface area contributed by atoms with E-state index < -0.39 is 11.7 Å². The quantitative estimate of drug-likeness (QED) is 0.493. The molecular weight excluding hydrogens is 321 g/mol. The third kappa shape index (κ3) is 4.93. The van der Waals surface area contributed by atoms with Crippen molar-refractivity contribution in [1.82, 2.24) is 0 Å². The van der Waals surface area contributed by atoms with Gasteiger partial charge in [0.25, 0.3) is 0 Å². The Bertz CT molecular complexity index is 688. The van der Waals surface area contributed by atoms with Gasteiger partial charge in [0.15, 0.2) is 0 Å². The van der Waals surface area contributed by atoms with Crippen LogP contribution in [0.4, 0.5) is 13.2 Å². The summed E-state index contributed by atoms with van der Waals surface area (Å²) in [5, 5.41) is 0. The third-order valence-electron chi connectivity index (χ3n) is 3.02. The number of alkyl halides is 3. The molecule has 1 nitrogen and oxygen atoms in total. The fourth-order valence-corrected chi connectivity index (χ4v) is 2.75. The molecule has 0 aromatic heterocycles. The zero-order chi connectivity index (χ0) is 16.9. The minimum absolute atomic E-state index is 0.0638. The first-order chi connectivity index (χ1) is 10.9. The number of hydrogen-bond acceptors (Lipinski definition) is 2. The zero-order valence-corrected chi connectivity index (χ0v) is 13.2. The van der Waals surface area contributed by atoms with E-state index >= 15 is 0 Å². The SMILES string of the molecule is C=C(/C(=C\c1ccccc1)Sc1ccc(OC)cc1)C(F)(F)F. The van der Waals surface area contributed by atoms with Crippen molar-refractivity contribution < 1.29 is 17.9 Å². The number of allylic oxidation sites excluding steroid dienone is 1. The van der Waals surface area contributed by atoms with Crippen LogP contribution in [0.1, 0.15) is 5.56 Å². The van der Waals surface area contributed by atoms with E-state index in [9.17, 15) is 13.2 Å². The second-order valence-electron chi connectivity index (χ2n) is 4.67. The molecule has 0 unspecified atom stereocenters. The molecule has 0 saturated heterocycles. The number of benzene rings is 2. The average Bonchev–Trinajstić information content (AvgIpc) is 2.54. The lowest BCUT2D eigenvalue weighted by Crippen LogP contribution is -2.11. The number of ether oxygens (including phenoxy) is 1. The van der Waals surface area contributed by atoms with Crippen molar-refractivity contribution in [3.05, 3.63) is 77.2 Å². The monoisotopic (exact) mass is 336 g/mol. The number of thioether (sulfide) groups is 1. The van der Waals surface area contributed by atoms with Crippen molar-refractivity contribution in [3.8, 4) is 5.75 Å². The Hall–Kier alpha value is -2.14. The van der Waals surface area contributed by atoms with Crippen LogP contribution in [0.25, 0.3) is 6.08 Å². The maximum Gasteiger partial charge on any atom is 0.416 e. The summed E-state index contributed by atoms with van der Waals surface area (Å²) < 4.78 is 44.2. The van der Waals surface area contributed by atoms with E-state index in [0.29, 0.717) is 16.2 Å². The Morgan fingerprint density at radius 3 is 2.17 bits per heavy atom. The molecule has 0 N–H and O–H groups in total. The second-order valence-corrected chi connectivity index (χ2v) is 5.79. The van der Waals surface area contributed by atoms with Gasteiger partial charge in [0, 0.05) is 9.80 Å². The van der Waals surface area contributed by atoms with Crippen molar-refractivity contribution in [2.45, 2.75) is 11.1 Å². The number of halogens is 3. The standard InChI is InChI=1S/C18H15F3OS/c1-13(18(19,20)21)17(12-14-6-4-3-5-7-14)23-16-10-8-15(22-2)9-11-16/h3-12H,1H2,2H3/b17-12+. The molecule has 0 aliphatic rings. The van der Waals surface area contributed by atoms with Crippen LogP contribution in [0.3, 0.4) is 0 Å². The van der Waals surface area contributed by atoms with Gasteiger partial charge in [0.05, 0.1) is 12.7 Å². The van der Waals surface area contributed by atoms with Gasteiger partial charge in [-0.3, -0.25) is 0 Å². The molecular formula is C18H15F3OS. The smallest absolute Gasteiger partial charge is 0.416 e. The molecule has 0 heterocycles. The van der Waals surface area contributed by atoms with Crippen molar-refractivity contribution in [2.75, 3.05) is 7.11 Å². The van der Waals surface area contributed by atoms with Gasteiger partial charge in [-0.2, -0.15) is 13.2 Å². The van der Waals surface area contributed by atoms with Crippen LogP contribution in [-0.4, -0.2) is 13.3 Å². The summed E-state index contributed by atoms with van der Waals surface area (Å²) in [5.41, 5.74) is -0.170. The van der Waals surface area contributed by atoms with Gasteiger partial charge in [-0.25, -0.2) is 0 Å². The van der Waals surface area contributed by atoms with E-state index in [-0.39, 0.29) is 4.91 Å². The zero-order valence-electron chi connectivity index (χ0n) is 12.4. The molecule has 2 aromatic carbocycles. The summed E-state index contributed by atoms with van der Waals surface area (Å²) in [7, 11) is 1.54. The van der Waals surface area contributed by atoms with Gasteiger partial charge in [0.2, 0.25) is 0 Å². The predicted octanol–water partition coefficient (Wildman–Crippen LogP) is 5.95. The number of rotatable bonds is 5. The summed E-state index contributed by atoms with van der Waals surface area (Å²) >= 11 is 1.02. The largest absolute Gasteiger partial charge is 0.497 e. The first-order valence-electron chi connectivity index (χ1n) is 6.75. The molecule has 23 heavy (non-hydrogen) atoms. The van der Waals surface area contributed by atoms with Crippen LogP contribution in [0.15, 0.2) is 76.5 Å². The normalized spacial score (nSPS) is 12.1. The molecule has 0 amide bonds. The first-order valence-corrected chi connectivity index (χ1v) is 7.57. The fourth-order valence-electron chi connectivity index (χ4n) is 1.79. The highest BCUT2D eigenvalue weighted by molar-refractivity contribution is 8.03. The van der Waals surface area contributed by atoms with Crippen molar-refractivity contribution in [2.24, 2.45) is 0 Å². The van der Waals surface area contributed by atoms with E-state index in [1.807, 2.05) is 6.07 Å². The lowest BCUT2D eigenvalue weighted by molar-refractivity contribution is -0.0880. The summed E-state index contributed by atoms with van der Waals surface area (Å²) in [6, 6.07) is 15.7. The Kier molecular flexibility index (Phi) is 5.55. The molecule has 0 spiro atoms. The van der Waals surface area contributed by atoms with Gasteiger partial charge >= 0.3 is 6.18 Å². The van der Waals surface area contributed by atoms with E-state index in [2.05, 4.69) is 6.58 Å². The van der Waals surface area contributed by atoms with E-state index in [1.54, 1.807) is 48.5 Å². The molecule has 0 atom stereocenters. The Morgan fingerprint density at radius 2 is 1.65 bits per heavy atom. The molecule has 120 valence electrons. The third-order valence-corrected chi connectivity index (χ3v) is 4.12. The lowest BCUT2D eigenvalue weighted by atomic mass is 10.1. The molecule has 0 aliphatic carbocycles. The van der Waals surface area contributed by atoms with Gasteiger partial charge < -0.3 is 4.74 Å². The second kappa shape index (κ2) is 7.42. The summed E-state index contributed by atoms with van der Waals surface area (Å²) in [4.78, 5) is 0.743. The van der Waals surface area contributed by atoms with E-state index in [0.717, 1.165) is 11.8 Å². The summed E-state index contributed by atoms with van der Waals surface area (Å²) in [6.45, 7) is 3.21. The maximum atomic E-state index is 13.0. The van der Waals surface area contributed by atoms with Crippen molar-refractivity contribution in [3.63, 3.8) is 0 Å². The lowest BCUT2D eigenvalue weighted by Gasteiger charge is -2.14. The highest BCUT2D eigenvalue weighted by Gasteiger charge is 2.34. The summed E-state index contributed by atoms with van der Waals surface area (Å²) in [6.07, 6.45) is -2.98. The van der Waals surface area contributed by atoms with Gasteiger partial charge in [-0.1, -0.05) is 48.7 Å². The molecule has 0 saturated carbocycles. The molecule has 5 heteroatoms.